The predicted molar refractivity (Wildman–Crippen MR) is 52.9 cm³/mol. The third kappa shape index (κ3) is 2.25. The molecule has 0 radical (unpaired) electrons. The summed E-state index contributed by atoms with van der Waals surface area (Å²) >= 11 is 0. The summed E-state index contributed by atoms with van der Waals surface area (Å²) in [5.41, 5.74) is 0. The number of aliphatic hydroxyl groups excluding tert-OH is 1. The number of hydrogen-bond donors (Lipinski definition) is 1. The largest absolute Gasteiger partial charge is 0.392 e. The van der Waals surface area contributed by atoms with Gasteiger partial charge in [0.15, 0.2) is 0 Å². The number of nitrogens with zero attached hydrogens (tertiary/aromatic N) is 2. The predicted octanol–water partition coefficient (Wildman–Crippen LogP) is -0.326. The average molecular weight is 198 g/mol. The van der Waals surface area contributed by atoms with E-state index in [1.807, 2.05) is 9.80 Å². The van der Waals surface area contributed by atoms with Gasteiger partial charge in [0.1, 0.15) is 0 Å². The lowest BCUT2D eigenvalue weighted by Crippen LogP contribution is -2.52. The number of carbonyl (C=O) groups is 1. The third-order valence-corrected chi connectivity index (χ3v) is 2.85. The van der Waals surface area contributed by atoms with Crippen LogP contribution in [-0.2, 0) is 4.79 Å². The van der Waals surface area contributed by atoms with Crippen molar-refractivity contribution in [3.8, 4) is 0 Å². The van der Waals surface area contributed by atoms with Gasteiger partial charge in [-0.25, -0.2) is 0 Å². The van der Waals surface area contributed by atoms with Crippen molar-refractivity contribution in [2.45, 2.75) is 31.9 Å². The Morgan fingerprint density at radius 1 is 1.50 bits per heavy atom. The molecule has 80 valence electrons. The van der Waals surface area contributed by atoms with E-state index in [2.05, 4.69) is 0 Å². The molecule has 4 nitrogen and oxygen atoms in total. The van der Waals surface area contributed by atoms with Gasteiger partial charge in [-0.05, 0) is 19.8 Å². The molecule has 2 aliphatic rings. The molecule has 2 rings (SSSR count). The minimum Gasteiger partial charge on any atom is -0.392 e. The van der Waals surface area contributed by atoms with Crippen molar-refractivity contribution in [1.82, 2.24) is 9.80 Å². The van der Waals surface area contributed by atoms with E-state index in [4.69, 9.17) is 0 Å². The van der Waals surface area contributed by atoms with Crippen molar-refractivity contribution >= 4 is 5.91 Å². The van der Waals surface area contributed by atoms with Crippen LogP contribution in [0.25, 0.3) is 0 Å². The number of β-amino-alcohol motifs (C(OH)–C–C–N with tert-alkyl or cyclic N) is 1. The Morgan fingerprint density at radius 3 is 2.71 bits per heavy atom. The van der Waals surface area contributed by atoms with Crippen molar-refractivity contribution in [2.24, 2.45) is 0 Å². The summed E-state index contributed by atoms with van der Waals surface area (Å²) in [6.45, 7) is 4.62. The summed E-state index contributed by atoms with van der Waals surface area (Å²) in [6.07, 6.45) is 2.03. The van der Waals surface area contributed by atoms with Crippen molar-refractivity contribution in [1.29, 1.82) is 0 Å². The molecule has 1 saturated carbocycles. The molecule has 0 aromatic heterocycles. The number of amides is 1. The molecular formula is C10H18N2O2. The number of aliphatic hydroxyl groups is 1. The van der Waals surface area contributed by atoms with E-state index >= 15 is 0 Å². The summed E-state index contributed by atoms with van der Waals surface area (Å²) in [4.78, 5) is 15.7. The van der Waals surface area contributed by atoms with E-state index in [0.29, 0.717) is 19.1 Å². The van der Waals surface area contributed by atoms with E-state index in [9.17, 15) is 9.90 Å². The van der Waals surface area contributed by atoms with Crippen LogP contribution in [0, 0.1) is 0 Å². The molecule has 1 atom stereocenters. The molecular weight excluding hydrogens is 180 g/mol. The normalized spacial score (nSPS) is 26.7. The van der Waals surface area contributed by atoms with E-state index in [-0.39, 0.29) is 12.0 Å². The van der Waals surface area contributed by atoms with Crippen molar-refractivity contribution in [2.75, 3.05) is 26.2 Å². The van der Waals surface area contributed by atoms with Crippen LogP contribution < -0.4 is 0 Å². The van der Waals surface area contributed by atoms with Gasteiger partial charge in [0.25, 0.3) is 0 Å². The molecule has 1 aliphatic heterocycles. The first-order valence-electron chi connectivity index (χ1n) is 5.36. The zero-order valence-corrected chi connectivity index (χ0v) is 8.65. The second-order valence-corrected chi connectivity index (χ2v) is 4.40. The summed E-state index contributed by atoms with van der Waals surface area (Å²) in [7, 11) is 0. The maximum Gasteiger partial charge on any atom is 0.237 e. The molecule has 1 unspecified atom stereocenters. The van der Waals surface area contributed by atoms with Crippen LogP contribution in [0.4, 0.5) is 0 Å². The van der Waals surface area contributed by atoms with Crippen molar-refractivity contribution in [3.05, 3.63) is 0 Å². The van der Waals surface area contributed by atoms with Gasteiger partial charge in [-0.1, -0.05) is 0 Å². The first kappa shape index (κ1) is 9.93. The summed E-state index contributed by atoms with van der Waals surface area (Å²) in [5.74, 6) is 0.236. The Labute approximate surface area is 84.5 Å². The van der Waals surface area contributed by atoms with E-state index in [0.717, 1.165) is 13.1 Å². The van der Waals surface area contributed by atoms with Gasteiger partial charge in [0, 0.05) is 25.7 Å². The fraction of sp³-hybridized carbons (Fsp3) is 0.900. The Bertz CT molecular complexity index is 226. The maximum absolute atomic E-state index is 11.7. The van der Waals surface area contributed by atoms with Gasteiger partial charge in [-0.15, -0.1) is 0 Å². The van der Waals surface area contributed by atoms with Crippen LogP contribution in [0.3, 0.4) is 0 Å². The molecule has 0 spiro atoms. The fourth-order valence-electron chi connectivity index (χ4n) is 2.04. The summed E-state index contributed by atoms with van der Waals surface area (Å²) < 4.78 is 0. The Kier molecular flexibility index (Phi) is 2.74. The molecule has 1 amide bonds. The summed E-state index contributed by atoms with van der Waals surface area (Å²) in [6, 6.07) is 0.538. The van der Waals surface area contributed by atoms with Crippen LogP contribution in [-0.4, -0.2) is 59.1 Å². The molecule has 0 aromatic rings. The van der Waals surface area contributed by atoms with E-state index in [1.165, 1.54) is 12.8 Å². The number of hydrogen-bond acceptors (Lipinski definition) is 3. The zero-order chi connectivity index (χ0) is 10.1. The van der Waals surface area contributed by atoms with Crippen LogP contribution in [0.5, 0.6) is 0 Å². The molecule has 0 aromatic carbocycles. The second-order valence-electron chi connectivity index (χ2n) is 4.40. The van der Waals surface area contributed by atoms with Gasteiger partial charge in [0.05, 0.1) is 12.6 Å². The molecule has 0 bridgehead atoms. The van der Waals surface area contributed by atoms with Gasteiger partial charge in [0.2, 0.25) is 5.91 Å². The molecule has 1 aliphatic carbocycles. The monoisotopic (exact) mass is 198 g/mol. The SMILES string of the molecule is CC(O)CN1CCN(C2CC2)C(=O)C1. The quantitative estimate of drug-likeness (QED) is 0.675. The zero-order valence-electron chi connectivity index (χ0n) is 8.65. The van der Waals surface area contributed by atoms with Gasteiger partial charge < -0.3 is 10.0 Å². The standard InChI is InChI=1S/C10H18N2O2/c1-8(13)6-11-4-5-12(9-2-3-9)10(14)7-11/h8-9,13H,2-7H2,1H3. The third-order valence-electron chi connectivity index (χ3n) is 2.85. The van der Waals surface area contributed by atoms with Gasteiger partial charge in [-0.3, -0.25) is 9.69 Å². The van der Waals surface area contributed by atoms with Crippen LogP contribution in [0.1, 0.15) is 19.8 Å². The lowest BCUT2D eigenvalue weighted by Gasteiger charge is -2.34. The highest BCUT2D eigenvalue weighted by atomic mass is 16.3. The second kappa shape index (κ2) is 3.87. The van der Waals surface area contributed by atoms with E-state index < -0.39 is 0 Å². The van der Waals surface area contributed by atoms with Crippen LogP contribution >= 0.6 is 0 Å². The first-order valence-corrected chi connectivity index (χ1v) is 5.36. The Balaban J connectivity index is 1.83. The van der Waals surface area contributed by atoms with Crippen molar-refractivity contribution in [3.63, 3.8) is 0 Å². The Hall–Kier alpha value is -0.610. The lowest BCUT2D eigenvalue weighted by atomic mass is 10.2. The number of rotatable bonds is 3. The van der Waals surface area contributed by atoms with E-state index in [1.54, 1.807) is 6.92 Å². The first-order chi connectivity index (χ1) is 6.66. The molecule has 14 heavy (non-hydrogen) atoms. The van der Waals surface area contributed by atoms with Gasteiger partial charge in [-0.2, -0.15) is 0 Å². The van der Waals surface area contributed by atoms with Crippen LogP contribution in [0.2, 0.25) is 0 Å². The fourth-order valence-corrected chi connectivity index (χ4v) is 2.04. The molecule has 1 heterocycles. The molecule has 1 N–H and O–H groups in total. The number of piperazine rings is 1. The highest BCUT2D eigenvalue weighted by Gasteiger charge is 2.35. The topological polar surface area (TPSA) is 43.8 Å². The molecule has 4 heteroatoms. The Morgan fingerprint density at radius 2 is 2.21 bits per heavy atom. The maximum atomic E-state index is 11.7. The smallest absolute Gasteiger partial charge is 0.237 e. The highest BCUT2D eigenvalue weighted by Crippen LogP contribution is 2.27. The highest BCUT2D eigenvalue weighted by molar-refractivity contribution is 5.79. The van der Waals surface area contributed by atoms with Gasteiger partial charge >= 0.3 is 0 Å². The number of carbonyl (C=O) groups excluding carboxylic acids is 1. The average Bonchev–Trinajstić information content (AvgIpc) is 2.86. The van der Waals surface area contributed by atoms with Crippen molar-refractivity contribution < 1.29 is 9.90 Å². The minimum atomic E-state index is -0.338. The van der Waals surface area contributed by atoms with Crippen LogP contribution in [0.15, 0.2) is 0 Å². The minimum absolute atomic E-state index is 0.236. The molecule has 1 saturated heterocycles. The lowest BCUT2D eigenvalue weighted by molar-refractivity contribution is -0.137. The summed E-state index contributed by atoms with van der Waals surface area (Å²) in [5, 5.41) is 9.21. The molecule has 2 fully saturated rings.